The molecule has 0 radical (unpaired) electrons. The monoisotopic (exact) mass is 432 g/mol. The number of hydrogen-bond donors (Lipinski definition) is 2. The van der Waals surface area contributed by atoms with E-state index in [-0.39, 0.29) is 24.0 Å². The van der Waals surface area contributed by atoms with Gasteiger partial charge in [-0.25, -0.2) is 0 Å². The highest BCUT2D eigenvalue weighted by molar-refractivity contribution is 14.0. The Balaban J connectivity index is 0.00000484. The first-order valence-electron chi connectivity index (χ1n) is 8.48. The molecule has 1 aromatic carbocycles. The third-order valence-electron chi connectivity index (χ3n) is 4.01. The van der Waals surface area contributed by atoms with Crippen molar-refractivity contribution < 1.29 is 0 Å². The minimum absolute atomic E-state index is 0. The molecule has 0 atom stereocenters. The second kappa shape index (κ2) is 13.6. The largest absolute Gasteiger partial charge is 0.356 e. The Bertz CT molecular complexity index is 444. The predicted octanol–water partition coefficient (Wildman–Crippen LogP) is 3.26. The van der Waals surface area contributed by atoms with Gasteiger partial charge in [-0.1, -0.05) is 45.0 Å². The van der Waals surface area contributed by atoms with E-state index < -0.39 is 0 Å². The van der Waals surface area contributed by atoms with Crippen molar-refractivity contribution in [1.29, 1.82) is 0 Å². The molecule has 23 heavy (non-hydrogen) atoms. The predicted molar refractivity (Wildman–Crippen MR) is 112 cm³/mol. The lowest BCUT2D eigenvalue weighted by Crippen LogP contribution is -2.38. The maximum Gasteiger partial charge on any atom is 0.191 e. The highest BCUT2D eigenvalue weighted by Crippen LogP contribution is 2.08. The van der Waals surface area contributed by atoms with E-state index in [1.54, 1.807) is 0 Å². The number of nitrogens with zero attached hydrogens (tertiary/aromatic N) is 2. The van der Waals surface area contributed by atoms with Crippen LogP contribution < -0.4 is 10.6 Å². The van der Waals surface area contributed by atoms with Gasteiger partial charge in [0.1, 0.15) is 0 Å². The summed E-state index contributed by atoms with van der Waals surface area (Å²) in [5, 5.41) is 6.79. The number of aryl methyl sites for hydroxylation is 1. The van der Waals surface area contributed by atoms with E-state index in [9.17, 15) is 0 Å². The lowest BCUT2D eigenvalue weighted by molar-refractivity contribution is 0.300. The third kappa shape index (κ3) is 8.55. The Morgan fingerprint density at radius 3 is 2.26 bits per heavy atom. The van der Waals surface area contributed by atoms with Crippen LogP contribution >= 0.6 is 24.0 Å². The fraction of sp³-hybridized carbons (Fsp3) is 0.611. The average Bonchev–Trinajstić information content (AvgIpc) is 2.58. The summed E-state index contributed by atoms with van der Waals surface area (Å²) in [6, 6.07) is 8.57. The van der Waals surface area contributed by atoms with Crippen molar-refractivity contribution in [3.63, 3.8) is 0 Å². The standard InChI is InChI=1S/C18H32N4.HI/c1-5-16-11-8-9-12-17(16)15-21-18(19-4)20-13-10-14-22(6-2)7-3;/h8-9,11-12H,5-7,10,13-15H2,1-4H3,(H2,19,20,21);1H. The topological polar surface area (TPSA) is 39.7 Å². The van der Waals surface area contributed by atoms with Crippen LogP contribution in [0.2, 0.25) is 0 Å². The van der Waals surface area contributed by atoms with E-state index in [1.807, 2.05) is 7.05 Å². The zero-order valence-electron chi connectivity index (χ0n) is 15.1. The van der Waals surface area contributed by atoms with Crippen LogP contribution in [-0.2, 0) is 13.0 Å². The van der Waals surface area contributed by atoms with Gasteiger partial charge >= 0.3 is 0 Å². The summed E-state index contributed by atoms with van der Waals surface area (Å²) < 4.78 is 0. The Labute approximate surface area is 159 Å². The van der Waals surface area contributed by atoms with Gasteiger partial charge in [0.05, 0.1) is 0 Å². The fourth-order valence-electron chi connectivity index (χ4n) is 2.52. The van der Waals surface area contributed by atoms with E-state index in [4.69, 9.17) is 0 Å². The van der Waals surface area contributed by atoms with Crippen LogP contribution in [-0.4, -0.2) is 44.1 Å². The summed E-state index contributed by atoms with van der Waals surface area (Å²) in [7, 11) is 1.82. The van der Waals surface area contributed by atoms with E-state index in [0.29, 0.717) is 0 Å². The molecule has 0 aromatic heterocycles. The number of halogens is 1. The minimum atomic E-state index is 0. The molecular formula is C18H33IN4. The average molecular weight is 432 g/mol. The van der Waals surface area contributed by atoms with Gasteiger partial charge in [-0.3, -0.25) is 4.99 Å². The van der Waals surface area contributed by atoms with Crippen LogP contribution in [0.15, 0.2) is 29.3 Å². The number of rotatable bonds is 9. The zero-order chi connectivity index (χ0) is 16.2. The molecule has 132 valence electrons. The third-order valence-corrected chi connectivity index (χ3v) is 4.01. The molecule has 2 N–H and O–H groups in total. The number of aliphatic imine (C=N–C) groups is 1. The summed E-state index contributed by atoms with van der Waals surface area (Å²) in [6.45, 7) is 11.8. The van der Waals surface area contributed by atoms with Gasteiger partial charge in [-0.15, -0.1) is 24.0 Å². The quantitative estimate of drug-likeness (QED) is 0.272. The first-order valence-corrected chi connectivity index (χ1v) is 8.48. The smallest absolute Gasteiger partial charge is 0.191 e. The lowest BCUT2D eigenvalue weighted by Gasteiger charge is -2.18. The second-order valence-electron chi connectivity index (χ2n) is 5.36. The van der Waals surface area contributed by atoms with Crippen molar-refractivity contribution in [2.75, 3.05) is 33.2 Å². The molecule has 0 aliphatic rings. The maximum atomic E-state index is 4.30. The molecule has 0 fully saturated rings. The van der Waals surface area contributed by atoms with E-state index in [2.05, 4.69) is 65.6 Å². The number of hydrogen-bond acceptors (Lipinski definition) is 2. The van der Waals surface area contributed by atoms with Gasteiger partial charge in [0, 0.05) is 20.1 Å². The highest BCUT2D eigenvalue weighted by atomic mass is 127. The molecule has 1 aromatic rings. The van der Waals surface area contributed by atoms with Crippen LogP contribution in [0, 0.1) is 0 Å². The molecule has 0 heterocycles. The Hall–Kier alpha value is -0.820. The van der Waals surface area contributed by atoms with Crippen molar-refractivity contribution >= 4 is 29.9 Å². The first kappa shape index (κ1) is 22.2. The van der Waals surface area contributed by atoms with Gasteiger partial charge < -0.3 is 15.5 Å². The number of guanidine groups is 1. The molecule has 5 heteroatoms. The maximum absolute atomic E-state index is 4.30. The fourth-order valence-corrected chi connectivity index (χ4v) is 2.52. The van der Waals surface area contributed by atoms with Crippen LogP contribution in [0.3, 0.4) is 0 Å². The Morgan fingerprint density at radius 2 is 1.70 bits per heavy atom. The van der Waals surface area contributed by atoms with Gasteiger partial charge in [0.2, 0.25) is 0 Å². The molecule has 4 nitrogen and oxygen atoms in total. The van der Waals surface area contributed by atoms with Gasteiger partial charge in [0.15, 0.2) is 5.96 Å². The van der Waals surface area contributed by atoms with Crippen molar-refractivity contribution in [1.82, 2.24) is 15.5 Å². The molecule has 0 unspecified atom stereocenters. The molecule has 0 aliphatic heterocycles. The summed E-state index contributed by atoms with van der Waals surface area (Å²) in [6.07, 6.45) is 2.20. The van der Waals surface area contributed by atoms with E-state index >= 15 is 0 Å². The van der Waals surface area contributed by atoms with Crippen molar-refractivity contribution in [2.45, 2.75) is 40.2 Å². The molecule has 0 saturated heterocycles. The van der Waals surface area contributed by atoms with Crippen molar-refractivity contribution in [3.05, 3.63) is 35.4 Å². The molecule has 0 saturated carbocycles. The molecule has 0 bridgehead atoms. The first-order chi connectivity index (χ1) is 10.7. The van der Waals surface area contributed by atoms with Gasteiger partial charge in [-0.2, -0.15) is 0 Å². The van der Waals surface area contributed by atoms with E-state index in [1.165, 1.54) is 11.1 Å². The molecular weight excluding hydrogens is 399 g/mol. The summed E-state index contributed by atoms with van der Waals surface area (Å²) in [5.41, 5.74) is 2.74. The summed E-state index contributed by atoms with van der Waals surface area (Å²) in [5.74, 6) is 0.880. The molecule has 1 rings (SSSR count). The molecule has 0 spiro atoms. The summed E-state index contributed by atoms with van der Waals surface area (Å²) in [4.78, 5) is 6.74. The molecule has 0 amide bonds. The number of nitrogens with one attached hydrogen (secondary N) is 2. The highest BCUT2D eigenvalue weighted by Gasteiger charge is 2.02. The lowest BCUT2D eigenvalue weighted by atomic mass is 10.1. The second-order valence-corrected chi connectivity index (χ2v) is 5.36. The SMILES string of the molecule is CCc1ccccc1CNC(=NC)NCCCN(CC)CC.I. The Morgan fingerprint density at radius 1 is 1.04 bits per heavy atom. The van der Waals surface area contributed by atoms with Gasteiger partial charge in [0.25, 0.3) is 0 Å². The normalized spacial score (nSPS) is 11.3. The van der Waals surface area contributed by atoms with E-state index in [0.717, 1.165) is 51.5 Å². The van der Waals surface area contributed by atoms with Crippen LogP contribution in [0.25, 0.3) is 0 Å². The van der Waals surface area contributed by atoms with Crippen molar-refractivity contribution in [3.8, 4) is 0 Å². The van der Waals surface area contributed by atoms with Crippen LogP contribution in [0.4, 0.5) is 0 Å². The Kier molecular flexibility index (Phi) is 13.1. The van der Waals surface area contributed by atoms with Crippen LogP contribution in [0.5, 0.6) is 0 Å². The zero-order valence-corrected chi connectivity index (χ0v) is 17.4. The number of benzene rings is 1. The van der Waals surface area contributed by atoms with Crippen molar-refractivity contribution in [2.24, 2.45) is 4.99 Å². The summed E-state index contributed by atoms with van der Waals surface area (Å²) >= 11 is 0. The van der Waals surface area contributed by atoms with Gasteiger partial charge in [-0.05, 0) is 43.6 Å². The minimum Gasteiger partial charge on any atom is -0.356 e. The van der Waals surface area contributed by atoms with Crippen LogP contribution in [0.1, 0.15) is 38.3 Å². The molecule has 0 aliphatic carbocycles.